The molecule has 1 fully saturated rings. The highest BCUT2D eigenvalue weighted by Gasteiger charge is 2.22. The lowest BCUT2D eigenvalue weighted by molar-refractivity contribution is 0.310. The molecule has 0 atom stereocenters. The summed E-state index contributed by atoms with van der Waals surface area (Å²) in [6.07, 6.45) is 5.25. The molecular weight excluding hydrogens is 182 g/mol. The number of rotatable bonds is 7. The number of alkyl halides is 1. The highest BCUT2D eigenvalue weighted by atomic mass is 35.5. The highest BCUT2D eigenvalue weighted by molar-refractivity contribution is 6.17. The van der Waals surface area contributed by atoms with Gasteiger partial charge in [-0.15, -0.1) is 11.6 Å². The van der Waals surface area contributed by atoms with E-state index in [-0.39, 0.29) is 0 Å². The Morgan fingerprint density at radius 2 is 2.08 bits per heavy atom. The second kappa shape index (κ2) is 5.21. The molecule has 0 aromatic carbocycles. The van der Waals surface area contributed by atoms with Crippen molar-refractivity contribution in [1.29, 1.82) is 0 Å². The van der Waals surface area contributed by atoms with Crippen molar-refractivity contribution in [2.75, 3.05) is 19.0 Å². The van der Waals surface area contributed by atoms with Gasteiger partial charge in [-0.3, -0.25) is 0 Å². The summed E-state index contributed by atoms with van der Waals surface area (Å²) < 4.78 is 0. The molecule has 0 aromatic rings. The molecule has 0 unspecified atom stereocenters. The molecule has 13 heavy (non-hydrogen) atoms. The van der Waals surface area contributed by atoms with Crippen molar-refractivity contribution >= 4 is 11.6 Å². The number of hydrogen-bond donors (Lipinski definition) is 1. The standard InChI is InChI=1S/C11H22ClN/c1-11(2,6-3-7-12)9-13-8-10-4-5-10/h10,13H,3-9H2,1-2H3. The van der Waals surface area contributed by atoms with E-state index in [2.05, 4.69) is 19.2 Å². The van der Waals surface area contributed by atoms with Gasteiger partial charge in [0, 0.05) is 12.4 Å². The van der Waals surface area contributed by atoms with E-state index >= 15 is 0 Å². The van der Waals surface area contributed by atoms with Crippen LogP contribution in [0.1, 0.15) is 39.5 Å². The SMILES string of the molecule is CC(C)(CCCCl)CNCC1CC1. The van der Waals surface area contributed by atoms with Crippen LogP contribution in [0.15, 0.2) is 0 Å². The van der Waals surface area contributed by atoms with Crippen molar-refractivity contribution in [2.45, 2.75) is 39.5 Å². The van der Waals surface area contributed by atoms with E-state index in [0.29, 0.717) is 5.41 Å². The number of halogens is 1. The third kappa shape index (κ3) is 5.53. The maximum atomic E-state index is 5.68. The van der Waals surface area contributed by atoms with Crippen molar-refractivity contribution in [1.82, 2.24) is 5.32 Å². The van der Waals surface area contributed by atoms with Gasteiger partial charge in [-0.05, 0) is 43.6 Å². The van der Waals surface area contributed by atoms with Crippen LogP contribution in [0.25, 0.3) is 0 Å². The van der Waals surface area contributed by atoms with E-state index in [1.54, 1.807) is 0 Å². The van der Waals surface area contributed by atoms with Crippen LogP contribution in [0.3, 0.4) is 0 Å². The number of nitrogens with one attached hydrogen (secondary N) is 1. The van der Waals surface area contributed by atoms with Crippen LogP contribution in [0, 0.1) is 11.3 Å². The minimum atomic E-state index is 0.420. The molecule has 1 aliphatic carbocycles. The second-order valence-electron chi connectivity index (χ2n) is 5.03. The molecule has 2 heteroatoms. The van der Waals surface area contributed by atoms with E-state index in [4.69, 9.17) is 11.6 Å². The molecule has 1 nitrogen and oxygen atoms in total. The first-order valence-electron chi connectivity index (χ1n) is 5.41. The summed E-state index contributed by atoms with van der Waals surface area (Å²) in [4.78, 5) is 0. The lowest BCUT2D eigenvalue weighted by Crippen LogP contribution is -2.30. The largest absolute Gasteiger partial charge is 0.316 e. The topological polar surface area (TPSA) is 12.0 Å². The zero-order valence-electron chi connectivity index (χ0n) is 8.91. The molecule has 0 bridgehead atoms. The molecule has 1 rings (SSSR count). The first kappa shape index (κ1) is 11.3. The van der Waals surface area contributed by atoms with E-state index in [1.165, 1.54) is 25.8 Å². The van der Waals surface area contributed by atoms with E-state index in [1.807, 2.05) is 0 Å². The Bertz CT molecular complexity index is 141. The predicted molar refractivity (Wildman–Crippen MR) is 59.3 cm³/mol. The number of hydrogen-bond acceptors (Lipinski definition) is 1. The molecule has 0 heterocycles. The fraction of sp³-hybridized carbons (Fsp3) is 1.00. The van der Waals surface area contributed by atoms with Crippen molar-refractivity contribution in [2.24, 2.45) is 11.3 Å². The van der Waals surface area contributed by atoms with Crippen LogP contribution >= 0.6 is 11.6 Å². The lowest BCUT2D eigenvalue weighted by atomic mass is 9.88. The van der Waals surface area contributed by atoms with Gasteiger partial charge in [0.2, 0.25) is 0 Å². The zero-order chi connectivity index (χ0) is 9.73. The summed E-state index contributed by atoms with van der Waals surface area (Å²) in [6.45, 7) is 7.00. The Hall–Kier alpha value is 0.250. The second-order valence-corrected chi connectivity index (χ2v) is 5.41. The Kier molecular flexibility index (Phi) is 4.54. The average Bonchev–Trinajstić information content (AvgIpc) is 2.84. The van der Waals surface area contributed by atoms with Gasteiger partial charge in [0.05, 0.1) is 0 Å². The van der Waals surface area contributed by atoms with E-state index in [0.717, 1.165) is 24.8 Å². The highest BCUT2D eigenvalue weighted by Crippen LogP contribution is 2.28. The van der Waals surface area contributed by atoms with E-state index in [9.17, 15) is 0 Å². The molecule has 1 aliphatic rings. The predicted octanol–water partition coefficient (Wildman–Crippen LogP) is 3.03. The van der Waals surface area contributed by atoms with Crippen molar-refractivity contribution in [3.8, 4) is 0 Å². The molecule has 0 spiro atoms. The molecule has 78 valence electrons. The lowest BCUT2D eigenvalue weighted by Gasteiger charge is -2.24. The van der Waals surface area contributed by atoms with Gasteiger partial charge in [0.1, 0.15) is 0 Å². The average molecular weight is 204 g/mol. The minimum absolute atomic E-state index is 0.420. The molecular formula is C11H22ClN. The summed E-state index contributed by atoms with van der Waals surface area (Å²) in [5.41, 5.74) is 0.420. The summed E-state index contributed by atoms with van der Waals surface area (Å²) in [7, 11) is 0. The van der Waals surface area contributed by atoms with Crippen LogP contribution in [0.4, 0.5) is 0 Å². The third-order valence-corrected chi connectivity index (χ3v) is 2.99. The van der Waals surface area contributed by atoms with Gasteiger partial charge in [0.15, 0.2) is 0 Å². The summed E-state index contributed by atoms with van der Waals surface area (Å²) in [5.74, 6) is 1.79. The maximum Gasteiger partial charge on any atom is 0.0223 e. The first-order valence-corrected chi connectivity index (χ1v) is 5.94. The molecule has 1 N–H and O–H groups in total. The maximum absolute atomic E-state index is 5.68. The minimum Gasteiger partial charge on any atom is -0.316 e. The van der Waals surface area contributed by atoms with Crippen LogP contribution in [0.5, 0.6) is 0 Å². The molecule has 0 radical (unpaired) electrons. The van der Waals surface area contributed by atoms with Gasteiger partial charge in [0.25, 0.3) is 0 Å². The molecule has 0 aromatic heterocycles. The van der Waals surface area contributed by atoms with Crippen LogP contribution < -0.4 is 5.32 Å². The van der Waals surface area contributed by atoms with Gasteiger partial charge in [-0.2, -0.15) is 0 Å². The van der Waals surface area contributed by atoms with Crippen LogP contribution in [0.2, 0.25) is 0 Å². The fourth-order valence-corrected chi connectivity index (χ4v) is 1.70. The van der Waals surface area contributed by atoms with Gasteiger partial charge in [-0.1, -0.05) is 13.8 Å². The first-order chi connectivity index (χ1) is 6.14. The zero-order valence-corrected chi connectivity index (χ0v) is 9.66. The van der Waals surface area contributed by atoms with Gasteiger partial charge in [-0.25, -0.2) is 0 Å². The summed E-state index contributed by atoms with van der Waals surface area (Å²) >= 11 is 5.68. The van der Waals surface area contributed by atoms with Gasteiger partial charge >= 0.3 is 0 Å². The summed E-state index contributed by atoms with van der Waals surface area (Å²) in [5, 5.41) is 3.55. The van der Waals surface area contributed by atoms with Crippen molar-refractivity contribution in [3.05, 3.63) is 0 Å². The van der Waals surface area contributed by atoms with Gasteiger partial charge < -0.3 is 5.32 Å². The van der Waals surface area contributed by atoms with Crippen molar-refractivity contribution in [3.63, 3.8) is 0 Å². The van der Waals surface area contributed by atoms with Crippen LogP contribution in [-0.2, 0) is 0 Å². The van der Waals surface area contributed by atoms with E-state index < -0.39 is 0 Å². The quantitative estimate of drug-likeness (QED) is 0.628. The summed E-state index contributed by atoms with van der Waals surface area (Å²) in [6, 6.07) is 0. The Morgan fingerprint density at radius 3 is 2.62 bits per heavy atom. The monoisotopic (exact) mass is 203 g/mol. The molecule has 0 saturated heterocycles. The fourth-order valence-electron chi connectivity index (χ4n) is 1.57. The molecule has 0 amide bonds. The Morgan fingerprint density at radius 1 is 1.38 bits per heavy atom. The molecule has 1 saturated carbocycles. The molecule has 0 aliphatic heterocycles. The van der Waals surface area contributed by atoms with Crippen LogP contribution in [-0.4, -0.2) is 19.0 Å². The Balaban J connectivity index is 2.01. The normalized spacial score (nSPS) is 17.8. The third-order valence-electron chi connectivity index (χ3n) is 2.72. The van der Waals surface area contributed by atoms with Crippen molar-refractivity contribution < 1.29 is 0 Å². The smallest absolute Gasteiger partial charge is 0.0223 e. The Labute approximate surface area is 87.2 Å².